The van der Waals surface area contributed by atoms with E-state index in [9.17, 15) is 0 Å². The third kappa shape index (κ3) is 2.56. The molecule has 20 heavy (non-hydrogen) atoms. The molecule has 3 rings (SSSR count). The Bertz CT molecular complexity index is 576. The number of rotatable bonds is 5. The highest BCUT2D eigenvalue weighted by atomic mass is 16.5. The molecule has 0 fully saturated rings. The summed E-state index contributed by atoms with van der Waals surface area (Å²) in [6, 6.07) is 17.4. The maximum absolute atomic E-state index is 5.19. The highest BCUT2D eigenvalue weighted by Gasteiger charge is 2.25. The Kier molecular flexibility index (Phi) is 3.75. The van der Waals surface area contributed by atoms with E-state index in [0.717, 1.165) is 12.3 Å². The van der Waals surface area contributed by atoms with Gasteiger partial charge in [-0.1, -0.05) is 36.4 Å². The van der Waals surface area contributed by atoms with Crippen molar-refractivity contribution in [1.82, 2.24) is 5.32 Å². The van der Waals surface area contributed by atoms with Gasteiger partial charge < -0.3 is 10.1 Å². The van der Waals surface area contributed by atoms with Gasteiger partial charge in [0.2, 0.25) is 0 Å². The van der Waals surface area contributed by atoms with Crippen LogP contribution in [0.4, 0.5) is 0 Å². The topological polar surface area (TPSA) is 21.3 Å². The Hall–Kier alpha value is -1.80. The van der Waals surface area contributed by atoms with Crippen molar-refractivity contribution in [2.75, 3.05) is 13.7 Å². The molecule has 0 radical (unpaired) electrons. The van der Waals surface area contributed by atoms with Crippen molar-refractivity contribution in [2.45, 2.75) is 25.3 Å². The van der Waals surface area contributed by atoms with E-state index in [-0.39, 0.29) is 0 Å². The predicted octanol–water partition coefficient (Wildman–Crippen LogP) is 3.69. The number of methoxy groups -OCH3 is 1. The smallest absolute Gasteiger partial charge is 0.118 e. The summed E-state index contributed by atoms with van der Waals surface area (Å²) in [5.74, 6) is 1.58. The minimum Gasteiger partial charge on any atom is -0.497 e. The maximum atomic E-state index is 5.19. The van der Waals surface area contributed by atoms with Crippen LogP contribution in [0.5, 0.6) is 5.75 Å². The Morgan fingerprint density at radius 2 is 1.90 bits per heavy atom. The van der Waals surface area contributed by atoms with Gasteiger partial charge in [-0.05, 0) is 42.2 Å². The van der Waals surface area contributed by atoms with Gasteiger partial charge >= 0.3 is 0 Å². The van der Waals surface area contributed by atoms with Gasteiger partial charge in [-0.3, -0.25) is 0 Å². The van der Waals surface area contributed by atoms with Crippen molar-refractivity contribution in [3.63, 3.8) is 0 Å². The molecule has 2 aromatic rings. The molecular formula is C18H21NO. The van der Waals surface area contributed by atoms with Gasteiger partial charge in [0.15, 0.2) is 0 Å². The molecule has 2 nitrogen and oxygen atoms in total. The quantitative estimate of drug-likeness (QED) is 0.892. The number of ether oxygens (including phenoxy) is 1. The molecule has 1 N–H and O–H groups in total. The molecule has 0 bridgehead atoms. The molecule has 2 aromatic carbocycles. The van der Waals surface area contributed by atoms with Crippen LogP contribution in [0.15, 0.2) is 48.5 Å². The van der Waals surface area contributed by atoms with Crippen molar-refractivity contribution in [1.29, 1.82) is 0 Å². The summed E-state index contributed by atoms with van der Waals surface area (Å²) in [5, 5.41) is 3.64. The zero-order chi connectivity index (χ0) is 13.9. The van der Waals surface area contributed by atoms with E-state index in [1.165, 1.54) is 23.1 Å². The lowest BCUT2D eigenvalue weighted by molar-refractivity contribution is 0.414. The fourth-order valence-electron chi connectivity index (χ4n) is 2.87. The van der Waals surface area contributed by atoms with Crippen LogP contribution in [0.1, 0.15) is 35.6 Å². The van der Waals surface area contributed by atoms with Gasteiger partial charge in [0.05, 0.1) is 7.11 Å². The normalized spacial score (nSPS) is 18.0. The minimum absolute atomic E-state index is 0.369. The number of nitrogens with one attached hydrogen (secondary N) is 1. The van der Waals surface area contributed by atoms with E-state index in [1.807, 2.05) is 12.1 Å². The van der Waals surface area contributed by atoms with Crippen LogP contribution in [0.2, 0.25) is 0 Å². The summed E-state index contributed by atoms with van der Waals surface area (Å²) >= 11 is 0. The number of fused-ring (bicyclic) bond motifs is 1. The first-order valence-electron chi connectivity index (χ1n) is 7.23. The van der Waals surface area contributed by atoms with Crippen LogP contribution >= 0.6 is 0 Å². The van der Waals surface area contributed by atoms with Crippen molar-refractivity contribution >= 4 is 0 Å². The van der Waals surface area contributed by atoms with E-state index in [0.29, 0.717) is 12.0 Å². The monoisotopic (exact) mass is 267 g/mol. The van der Waals surface area contributed by atoms with Gasteiger partial charge in [0.1, 0.15) is 5.75 Å². The average Bonchev–Trinajstić information content (AvgIpc) is 2.48. The van der Waals surface area contributed by atoms with Crippen molar-refractivity contribution < 1.29 is 4.74 Å². The van der Waals surface area contributed by atoms with Crippen LogP contribution in [-0.2, 0) is 6.42 Å². The molecule has 2 atom stereocenters. The van der Waals surface area contributed by atoms with E-state index < -0.39 is 0 Å². The van der Waals surface area contributed by atoms with Gasteiger partial charge in [0, 0.05) is 18.5 Å². The molecule has 0 saturated heterocycles. The molecule has 0 spiro atoms. The van der Waals surface area contributed by atoms with E-state index >= 15 is 0 Å². The van der Waals surface area contributed by atoms with Crippen LogP contribution in [0.25, 0.3) is 0 Å². The van der Waals surface area contributed by atoms with Crippen molar-refractivity contribution in [3.8, 4) is 5.75 Å². The predicted molar refractivity (Wildman–Crippen MR) is 82.3 cm³/mol. The molecule has 0 amide bonds. The average molecular weight is 267 g/mol. The molecule has 2 heteroatoms. The number of hydrogen-bond acceptors (Lipinski definition) is 2. The highest BCUT2D eigenvalue weighted by molar-refractivity contribution is 5.40. The molecule has 2 unspecified atom stereocenters. The fourth-order valence-corrected chi connectivity index (χ4v) is 2.87. The highest BCUT2D eigenvalue weighted by Crippen LogP contribution is 2.34. The summed E-state index contributed by atoms with van der Waals surface area (Å²) < 4.78 is 5.19. The first-order chi connectivity index (χ1) is 9.78. The molecule has 1 aliphatic rings. The Labute approximate surface area is 120 Å². The maximum Gasteiger partial charge on any atom is 0.118 e. The second-order valence-corrected chi connectivity index (χ2v) is 5.50. The number of hydrogen-bond donors (Lipinski definition) is 1. The summed E-state index contributed by atoms with van der Waals surface area (Å²) in [4.78, 5) is 0. The lowest BCUT2D eigenvalue weighted by Crippen LogP contribution is -2.30. The standard InChI is InChI=1S/C18H21NO/c1-13(14-7-9-17(20-2)10-8-14)19-12-16-11-15-5-3-4-6-18(15)16/h3-10,13,16,19H,11-12H2,1-2H3. The minimum atomic E-state index is 0.369. The summed E-state index contributed by atoms with van der Waals surface area (Å²) in [5.41, 5.74) is 4.33. The SMILES string of the molecule is COc1ccc(C(C)NCC2Cc3ccccc32)cc1. The van der Waals surface area contributed by atoms with Gasteiger partial charge in [0.25, 0.3) is 0 Å². The van der Waals surface area contributed by atoms with E-state index in [4.69, 9.17) is 4.74 Å². The van der Waals surface area contributed by atoms with Gasteiger partial charge in [-0.25, -0.2) is 0 Å². The summed E-state index contributed by atoms with van der Waals surface area (Å²) in [6.07, 6.45) is 1.21. The Morgan fingerprint density at radius 1 is 1.15 bits per heavy atom. The molecule has 0 aromatic heterocycles. The molecule has 0 saturated carbocycles. The second kappa shape index (κ2) is 5.68. The lowest BCUT2D eigenvalue weighted by atomic mass is 9.77. The first kappa shape index (κ1) is 13.2. The largest absolute Gasteiger partial charge is 0.497 e. The molecule has 0 heterocycles. The van der Waals surface area contributed by atoms with Crippen molar-refractivity contribution in [2.24, 2.45) is 0 Å². The molecule has 0 aliphatic heterocycles. The third-order valence-corrected chi connectivity index (χ3v) is 4.25. The van der Waals surface area contributed by atoms with Crippen LogP contribution < -0.4 is 10.1 Å². The zero-order valence-corrected chi connectivity index (χ0v) is 12.1. The fraction of sp³-hybridized carbons (Fsp3) is 0.333. The van der Waals surface area contributed by atoms with Crippen LogP contribution in [-0.4, -0.2) is 13.7 Å². The number of benzene rings is 2. The molecule has 104 valence electrons. The van der Waals surface area contributed by atoms with Crippen molar-refractivity contribution in [3.05, 3.63) is 65.2 Å². The van der Waals surface area contributed by atoms with Crippen LogP contribution in [0.3, 0.4) is 0 Å². The molecule has 1 aliphatic carbocycles. The summed E-state index contributed by atoms with van der Waals surface area (Å²) in [6.45, 7) is 3.26. The lowest BCUT2D eigenvalue weighted by Gasteiger charge is -2.31. The third-order valence-electron chi connectivity index (χ3n) is 4.25. The van der Waals surface area contributed by atoms with Gasteiger partial charge in [-0.2, -0.15) is 0 Å². The second-order valence-electron chi connectivity index (χ2n) is 5.50. The van der Waals surface area contributed by atoms with Gasteiger partial charge in [-0.15, -0.1) is 0 Å². The van der Waals surface area contributed by atoms with Crippen LogP contribution in [0, 0.1) is 0 Å². The first-order valence-corrected chi connectivity index (χ1v) is 7.23. The molecular weight excluding hydrogens is 246 g/mol. The van der Waals surface area contributed by atoms with E-state index in [2.05, 4.69) is 48.6 Å². The Morgan fingerprint density at radius 3 is 2.60 bits per heavy atom. The Balaban J connectivity index is 1.56. The van der Waals surface area contributed by atoms with E-state index in [1.54, 1.807) is 7.11 Å². The summed E-state index contributed by atoms with van der Waals surface area (Å²) in [7, 11) is 1.70. The zero-order valence-electron chi connectivity index (χ0n) is 12.1.